The number of imide groups is 2. The van der Waals surface area contributed by atoms with Gasteiger partial charge in [-0.25, -0.2) is 4.79 Å². The van der Waals surface area contributed by atoms with E-state index in [-0.39, 0.29) is 23.8 Å². The van der Waals surface area contributed by atoms with Gasteiger partial charge in [-0.2, -0.15) is 0 Å². The van der Waals surface area contributed by atoms with Gasteiger partial charge in [-0.1, -0.05) is 30.3 Å². The number of nitrogens with zero attached hydrogens (tertiary/aromatic N) is 2. The Morgan fingerprint density at radius 3 is 2.26 bits per heavy atom. The Labute approximate surface area is 135 Å². The van der Waals surface area contributed by atoms with Crippen LogP contribution in [0.1, 0.15) is 12.0 Å². The second-order valence-corrected chi connectivity index (χ2v) is 6.26. The van der Waals surface area contributed by atoms with Gasteiger partial charge in [-0.3, -0.25) is 19.4 Å². The molecular weight excluding hydrogens is 294 g/mol. The summed E-state index contributed by atoms with van der Waals surface area (Å²) >= 11 is 0. The maximum Gasteiger partial charge on any atom is 0.332 e. The number of urea groups is 1. The first-order valence-electron chi connectivity index (χ1n) is 7.87. The molecule has 23 heavy (non-hydrogen) atoms. The first kappa shape index (κ1) is 15.7. The Hall–Kier alpha value is -2.21. The zero-order chi connectivity index (χ0) is 16.6. The van der Waals surface area contributed by atoms with Crippen LogP contribution in [0.15, 0.2) is 30.3 Å². The predicted molar refractivity (Wildman–Crippen MR) is 84.5 cm³/mol. The quantitative estimate of drug-likeness (QED) is 0.841. The van der Waals surface area contributed by atoms with Gasteiger partial charge in [0.15, 0.2) is 0 Å². The van der Waals surface area contributed by atoms with Crippen molar-refractivity contribution in [3.63, 3.8) is 0 Å². The van der Waals surface area contributed by atoms with Gasteiger partial charge in [-0.05, 0) is 30.9 Å². The maximum absolute atomic E-state index is 12.5. The first-order chi connectivity index (χ1) is 11.0. The summed E-state index contributed by atoms with van der Waals surface area (Å²) in [5.41, 5.74) is 1.17. The largest absolute Gasteiger partial charge is 0.332 e. The average molecular weight is 315 g/mol. The van der Waals surface area contributed by atoms with Gasteiger partial charge in [0.25, 0.3) is 0 Å². The Balaban J connectivity index is 1.82. The highest BCUT2D eigenvalue weighted by molar-refractivity contribution is 6.15. The lowest BCUT2D eigenvalue weighted by atomic mass is 9.81. The molecule has 122 valence electrons. The molecule has 0 saturated carbocycles. The first-order valence-corrected chi connectivity index (χ1v) is 7.87. The summed E-state index contributed by atoms with van der Waals surface area (Å²) in [6, 6.07) is 9.53. The Bertz CT molecular complexity index is 607. The summed E-state index contributed by atoms with van der Waals surface area (Å²) in [5, 5.41) is 3.41. The highest BCUT2D eigenvalue weighted by atomic mass is 16.2. The molecule has 3 rings (SSSR count). The molecule has 0 radical (unpaired) electrons. The van der Waals surface area contributed by atoms with E-state index in [0.29, 0.717) is 0 Å². The lowest BCUT2D eigenvalue weighted by Gasteiger charge is -2.37. The summed E-state index contributed by atoms with van der Waals surface area (Å²) in [7, 11) is 2.88. The highest BCUT2D eigenvalue weighted by Crippen LogP contribution is 2.32. The fraction of sp³-hybridized carbons (Fsp3) is 0.471. The van der Waals surface area contributed by atoms with Crippen molar-refractivity contribution in [2.24, 2.45) is 11.8 Å². The number of hydrogen-bond donors (Lipinski definition) is 1. The number of hydrogen-bond acceptors (Lipinski definition) is 4. The third-order valence-electron chi connectivity index (χ3n) is 4.89. The van der Waals surface area contributed by atoms with Crippen LogP contribution >= 0.6 is 0 Å². The van der Waals surface area contributed by atoms with Crippen LogP contribution in [0.2, 0.25) is 0 Å². The van der Waals surface area contributed by atoms with Crippen molar-refractivity contribution < 1.29 is 14.4 Å². The number of barbiturate groups is 1. The second kappa shape index (κ2) is 6.12. The average Bonchev–Trinajstić information content (AvgIpc) is 3.00. The zero-order valence-corrected chi connectivity index (χ0v) is 13.4. The number of carbonyl (C=O) groups excluding carboxylic acids is 3. The predicted octanol–water partition coefficient (Wildman–Crippen LogP) is 0.874. The minimum absolute atomic E-state index is 0.0605. The van der Waals surface area contributed by atoms with Crippen LogP contribution in [0.4, 0.5) is 4.79 Å². The number of rotatable bonds is 3. The molecule has 4 amide bonds. The van der Waals surface area contributed by atoms with E-state index in [1.807, 2.05) is 30.3 Å². The molecule has 1 N–H and O–H groups in total. The number of carbonyl (C=O) groups is 3. The van der Waals surface area contributed by atoms with Gasteiger partial charge in [0.2, 0.25) is 11.8 Å². The van der Waals surface area contributed by atoms with Crippen molar-refractivity contribution in [3.05, 3.63) is 35.9 Å². The molecule has 0 spiro atoms. The van der Waals surface area contributed by atoms with E-state index < -0.39 is 11.9 Å². The Kier molecular flexibility index (Phi) is 4.17. The van der Waals surface area contributed by atoms with Crippen molar-refractivity contribution in [2.75, 3.05) is 20.6 Å². The van der Waals surface area contributed by atoms with E-state index in [9.17, 15) is 14.4 Å². The van der Waals surface area contributed by atoms with Crippen molar-refractivity contribution in [2.45, 2.75) is 18.9 Å². The Morgan fingerprint density at radius 1 is 1.04 bits per heavy atom. The minimum Gasteiger partial charge on any atom is -0.313 e. The smallest absolute Gasteiger partial charge is 0.313 e. The number of amides is 4. The molecule has 2 heterocycles. The summed E-state index contributed by atoms with van der Waals surface area (Å²) in [4.78, 5) is 39.0. The molecule has 1 aromatic rings. The molecule has 2 aliphatic heterocycles. The van der Waals surface area contributed by atoms with Gasteiger partial charge in [-0.15, -0.1) is 0 Å². The van der Waals surface area contributed by atoms with Crippen LogP contribution in [-0.2, 0) is 16.0 Å². The summed E-state index contributed by atoms with van der Waals surface area (Å²) in [6.07, 6.45) is 1.53. The fourth-order valence-corrected chi connectivity index (χ4v) is 3.58. The number of nitrogens with one attached hydrogen (secondary N) is 1. The molecular formula is C17H21N3O3. The lowest BCUT2D eigenvalue weighted by Crippen LogP contribution is -2.59. The SMILES string of the molecule is CN1C(=O)C(C2CCNC2Cc2ccccc2)C(=O)N(C)C1=O. The van der Waals surface area contributed by atoms with E-state index in [2.05, 4.69) is 5.32 Å². The van der Waals surface area contributed by atoms with Crippen LogP contribution in [0.5, 0.6) is 0 Å². The molecule has 0 aliphatic carbocycles. The summed E-state index contributed by atoms with van der Waals surface area (Å²) < 4.78 is 0. The molecule has 2 saturated heterocycles. The van der Waals surface area contributed by atoms with E-state index >= 15 is 0 Å². The third-order valence-corrected chi connectivity index (χ3v) is 4.89. The maximum atomic E-state index is 12.5. The molecule has 6 nitrogen and oxygen atoms in total. The lowest BCUT2D eigenvalue weighted by molar-refractivity contribution is -0.150. The normalized spacial score (nSPS) is 26.3. The zero-order valence-electron chi connectivity index (χ0n) is 13.4. The second-order valence-electron chi connectivity index (χ2n) is 6.26. The van der Waals surface area contributed by atoms with Crippen molar-refractivity contribution in [1.82, 2.24) is 15.1 Å². The molecule has 1 aromatic carbocycles. The molecule has 0 aromatic heterocycles. The highest BCUT2D eigenvalue weighted by Gasteiger charge is 2.49. The monoisotopic (exact) mass is 315 g/mol. The number of benzene rings is 1. The summed E-state index contributed by atoms with van der Waals surface area (Å²) in [6.45, 7) is 0.778. The van der Waals surface area contributed by atoms with Crippen molar-refractivity contribution in [1.29, 1.82) is 0 Å². The van der Waals surface area contributed by atoms with E-state index in [1.165, 1.54) is 19.7 Å². The van der Waals surface area contributed by atoms with E-state index in [4.69, 9.17) is 0 Å². The molecule has 2 atom stereocenters. The molecule has 2 unspecified atom stereocenters. The van der Waals surface area contributed by atoms with Gasteiger partial charge in [0.1, 0.15) is 5.92 Å². The van der Waals surface area contributed by atoms with Crippen LogP contribution in [0, 0.1) is 11.8 Å². The Morgan fingerprint density at radius 2 is 1.65 bits per heavy atom. The van der Waals surface area contributed by atoms with Gasteiger partial charge >= 0.3 is 6.03 Å². The van der Waals surface area contributed by atoms with E-state index in [1.54, 1.807) is 0 Å². The molecule has 6 heteroatoms. The van der Waals surface area contributed by atoms with Gasteiger partial charge in [0, 0.05) is 20.1 Å². The van der Waals surface area contributed by atoms with E-state index in [0.717, 1.165) is 29.2 Å². The molecule has 2 aliphatic rings. The minimum atomic E-state index is -0.772. The van der Waals surface area contributed by atoms with Crippen molar-refractivity contribution in [3.8, 4) is 0 Å². The van der Waals surface area contributed by atoms with Crippen molar-refractivity contribution >= 4 is 17.8 Å². The van der Waals surface area contributed by atoms with Gasteiger partial charge < -0.3 is 5.32 Å². The fourth-order valence-electron chi connectivity index (χ4n) is 3.58. The van der Waals surface area contributed by atoms with Gasteiger partial charge in [0.05, 0.1) is 0 Å². The van der Waals surface area contributed by atoms with Crippen LogP contribution < -0.4 is 5.32 Å². The molecule has 0 bridgehead atoms. The summed E-state index contributed by atoms with van der Waals surface area (Å²) in [5.74, 6) is -1.63. The third kappa shape index (κ3) is 2.74. The van der Waals surface area contributed by atoms with Crippen LogP contribution in [-0.4, -0.2) is 54.3 Å². The van der Waals surface area contributed by atoms with Crippen LogP contribution in [0.3, 0.4) is 0 Å². The van der Waals surface area contributed by atoms with Crippen LogP contribution in [0.25, 0.3) is 0 Å². The topological polar surface area (TPSA) is 69.7 Å². The standard InChI is InChI=1S/C17H21N3O3/c1-19-15(21)14(16(22)20(2)17(19)23)12-8-9-18-13(12)10-11-6-4-3-5-7-11/h3-7,12-14,18H,8-10H2,1-2H3. The molecule has 2 fully saturated rings.